The number of hydrogen-bond donors (Lipinski definition) is 2. The zero-order valence-electron chi connectivity index (χ0n) is 27.7. The monoisotopic (exact) mass is 624 g/mol. The van der Waals surface area contributed by atoms with E-state index in [1.54, 1.807) is 14.2 Å². The summed E-state index contributed by atoms with van der Waals surface area (Å²) in [5.74, 6) is -0.402. The molecule has 1 aliphatic carbocycles. The van der Waals surface area contributed by atoms with Gasteiger partial charge in [-0.2, -0.15) is 0 Å². The Morgan fingerprint density at radius 1 is 0.891 bits per heavy atom. The summed E-state index contributed by atoms with van der Waals surface area (Å²) in [6.45, 7) is 7.75. The van der Waals surface area contributed by atoms with Crippen LogP contribution in [0.1, 0.15) is 83.8 Å². The minimum Gasteiger partial charge on any atom is -0.478 e. The molecule has 1 fully saturated rings. The Bertz CT molecular complexity index is 1780. The van der Waals surface area contributed by atoms with Crippen LogP contribution in [0.5, 0.6) is 0 Å². The maximum Gasteiger partial charge on any atom is 0.337 e. The Morgan fingerprint density at radius 3 is 2.02 bits per heavy atom. The average Bonchev–Trinajstić information content (AvgIpc) is 3.68. The van der Waals surface area contributed by atoms with Crippen LogP contribution in [-0.4, -0.2) is 52.6 Å². The van der Waals surface area contributed by atoms with E-state index in [1.165, 1.54) is 32.9 Å². The number of nitrogen functional groups attached to an aromatic ring is 1. The van der Waals surface area contributed by atoms with E-state index in [2.05, 4.69) is 70.7 Å². The lowest BCUT2D eigenvalue weighted by Gasteiger charge is -2.12. The first-order valence-electron chi connectivity index (χ1n) is 16.5. The molecule has 0 atom stereocenters. The number of carboxylic acids is 1. The number of methoxy groups -OCH3 is 2. The largest absolute Gasteiger partial charge is 0.478 e. The van der Waals surface area contributed by atoms with Crippen LogP contribution in [0.15, 0.2) is 61.1 Å². The predicted octanol–water partition coefficient (Wildman–Crippen LogP) is 7.62. The van der Waals surface area contributed by atoms with Crippen LogP contribution in [0, 0.1) is 0 Å². The first-order valence-corrected chi connectivity index (χ1v) is 16.5. The first-order chi connectivity index (χ1) is 22.4. The number of rotatable bonds is 14. The molecule has 0 saturated heterocycles. The zero-order valence-corrected chi connectivity index (χ0v) is 27.7. The summed E-state index contributed by atoms with van der Waals surface area (Å²) in [6, 6.07) is 14.6. The molecule has 8 nitrogen and oxygen atoms in total. The molecule has 0 unspecified atom stereocenters. The van der Waals surface area contributed by atoms with Crippen LogP contribution < -0.4 is 5.73 Å². The molecule has 2 aromatic carbocycles. The van der Waals surface area contributed by atoms with Gasteiger partial charge in [-0.15, -0.1) is 0 Å². The maximum absolute atomic E-state index is 11.8. The van der Waals surface area contributed by atoms with E-state index < -0.39 is 5.97 Å². The smallest absolute Gasteiger partial charge is 0.337 e. The fraction of sp³-hybridized carbons (Fsp3) is 0.421. The standard InChI is InChI=1S/C24H28N2O3.C14H20N2O/c1-3-26-9-8-19-12-16(11-18(23(19)26)5-4-10-29-2)13-22-21(24(27)28)14-20(15-25-22)17-6-7-17;1-3-16-7-6-12-10-13(15)9-11(14(12)16)5-4-8-17-2/h8-9,11-12,14-15,17H,3-7,10,13H2,1-2H3,(H,27,28);6-7,9-10H,3-5,8,15H2,1-2H3. The molecule has 5 aromatic rings. The van der Waals surface area contributed by atoms with Crippen molar-refractivity contribution in [3.8, 4) is 0 Å². The van der Waals surface area contributed by atoms with Crippen molar-refractivity contribution in [1.82, 2.24) is 14.1 Å². The molecule has 0 aliphatic heterocycles. The minimum atomic E-state index is -0.895. The second-order valence-corrected chi connectivity index (χ2v) is 12.2. The fourth-order valence-electron chi connectivity index (χ4n) is 6.47. The van der Waals surface area contributed by atoms with E-state index in [4.69, 9.17) is 15.2 Å². The molecule has 3 N–H and O–H groups in total. The highest BCUT2D eigenvalue weighted by atomic mass is 16.5. The van der Waals surface area contributed by atoms with Gasteiger partial charge in [-0.25, -0.2) is 4.79 Å². The maximum atomic E-state index is 11.8. The van der Waals surface area contributed by atoms with E-state index in [1.807, 2.05) is 18.3 Å². The van der Waals surface area contributed by atoms with E-state index >= 15 is 0 Å². The number of pyridine rings is 1. The number of nitrogens with zero attached hydrogens (tertiary/aromatic N) is 3. The van der Waals surface area contributed by atoms with E-state index in [0.29, 0.717) is 23.6 Å². The number of anilines is 1. The number of fused-ring (bicyclic) bond motifs is 2. The van der Waals surface area contributed by atoms with Gasteiger partial charge >= 0.3 is 5.97 Å². The molecule has 8 heteroatoms. The molecule has 46 heavy (non-hydrogen) atoms. The van der Waals surface area contributed by atoms with Crippen LogP contribution in [0.4, 0.5) is 5.69 Å². The summed E-state index contributed by atoms with van der Waals surface area (Å²) < 4.78 is 14.9. The first kappa shape index (κ1) is 33.2. The van der Waals surface area contributed by atoms with Crippen LogP contribution in [0.3, 0.4) is 0 Å². The molecule has 3 heterocycles. The van der Waals surface area contributed by atoms with Gasteiger partial charge < -0.3 is 29.4 Å². The Labute approximate surface area is 272 Å². The molecular weight excluding hydrogens is 576 g/mol. The SMILES string of the molecule is CCn1ccc2cc(Cc3ncc(C4CC4)cc3C(=O)O)cc(CCCOC)c21.CCn1ccc2cc(N)cc(CCCOC)c21. The third-order valence-corrected chi connectivity index (χ3v) is 8.87. The summed E-state index contributed by atoms with van der Waals surface area (Å²) in [7, 11) is 3.47. The van der Waals surface area contributed by atoms with Crippen molar-refractivity contribution in [1.29, 1.82) is 0 Å². The molecule has 0 bridgehead atoms. The van der Waals surface area contributed by atoms with Crippen molar-refractivity contribution in [2.24, 2.45) is 0 Å². The third-order valence-electron chi connectivity index (χ3n) is 8.87. The average molecular weight is 625 g/mol. The van der Waals surface area contributed by atoms with E-state index in [0.717, 1.165) is 81.6 Å². The van der Waals surface area contributed by atoms with Gasteiger partial charge in [0.2, 0.25) is 0 Å². The lowest BCUT2D eigenvalue weighted by Crippen LogP contribution is -2.07. The summed E-state index contributed by atoms with van der Waals surface area (Å²) in [5.41, 5.74) is 15.1. The molecular formula is C38H48N4O4. The molecule has 244 valence electrons. The Balaban J connectivity index is 0.000000209. The normalized spacial score (nSPS) is 12.9. The van der Waals surface area contributed by atoms with E-state index in [9.17, 15) is 9.90 Å². The van der Waals surface area contributed by atoms with Gasteiger partial charge in [-0.1, -0.05) is 6.07 Å². The summed E-state index contributed by atoms with van der Waals surface area (Å²) in [6.07, 6.45) is 12.8. The van der Waals surface area contributed by atoms with Gasteiger partial charge in [0.25, 0.3) is 0 Å². The third kappa shape index (κ3) is 7.80. The van der Waals surface area contributed by atoms with Crippen molar-refractivity contribution in [3.63, 3.8) is 0 Å². The highest BCUT2D eigenvalue weighted by Gasteiger charge is 2.26. The van der Waals surface area contributed by atoms with Gasteiger partial charge in [0.05, 0.1) is 22.3 Å². The highest BCUT2D eigenvalue weighted by Crippen LogP contribution is 2.40. The number of ether oxygens (including phenoxy) is 2. The van der Waals surface area contributed by atoms with Gasteiger partial charge in [0.1, 0.15) is 0 Å². The Hall–Kier alpha value is -4.14. The molecule has 1 aliphatic rings. The number of benzene rings is 2. The lowest BCUT2D eigenvalue weighted by molar-refractivity contribution is 0.0695. The topological polar surface area (TPSA) is 105 Å². The molecule has 0 amide bonds. The number of aromatic carboxylic acids is 1. The van der Waals surface area contributed by atoms with Crippen molar-refractivity contribution in [2.75, 3.05) is 33.2 Å². The second kappa shape index (κ2) is 15.4. The summed E-state index contributed by atoms with van der Waals surface area (Å²) in [5, 5.41) is 12.2. The van der Waals surface area contributed by atoms with E-state index in [-0.39, 0.29) is 0 Å². The van der Waals surface area contributed by atoms with Crippen LogP contribution in [-0.2, 0) is 41.8 Å². The van der Waals surface area contributed by atoms with Crippen molar-refractivity contribution in [2.45, 2.75) is 77.8 Å². The quantitative estimate of drug-likeness (QED) is 0.0973. The summed E-state index contributed by atoms with van der Waals surface area (Å²) >= 11 is 0. The van der Waals surface area contributed by atoms with Crippen molar-refractivity contribution >= 4 is 33.5 Å². The highest BCUT2D eigenvalue weighted by molar-refractivity contribution is 5.90. The molecule has 6 rings (SSSR count). The number of nitrogens with two attached hydrogens (primary N) is 1. The lowest BCUT2D eigenvalue weighted by atomic mass is 9.97. The Kier molecular flexibility index (Phi) is 11.1. The number of carbonyl (C=O) groups is 1. The fourth-order valence-corrected chi connectivity index (χ4v) is 6.47. The molecule has 0 radical (unpaired) electrons. The number of aryl methyl sites for hydroxylation is 4. The Morgan fingerprint density at radius 2 is 1.48 bits per heavy atom. The second-order valence-electron chi connectivity index (χ2n) is 12.2. The minimum absolute atomic E-state index is 0.335. The summed E-state index contributed by atoms with van der Waals surface area (Å²) in [4.78, 5) is 16.4. The molecule has 1 saturated carbocycles. The van der Waals surface area contributed by atoms with Crippen molar-refractivity contribution in [3.05, 3.63) is 94.6 Å². The van der Waals surface area contributed by atoms with Gasteiger partial charge in [-0.3, -0.25) is 4.98 Å². The number of hydrogen-bond acceptors (Lipinski definition) is 5. The van der Waals surface area contributed by atoms with Crippen LogP contribution in [0.25, 0.3) is 21.8 Å². The van der Waals surface area contributed by atoms with Gasteiger partial charge in [0.15, 0.2) is 0 Å². The predicted molar refractivity (Wildman–Crippen MR) is 186 cm³/mol. The molecule has 0 spiro atoms. The van der Waals surface area contributed by atoms with Crippen LogP contribution in [0.2, 0.25) is 0 Å². The van der Waals surface area contributed by atoms with Gasteiger partial charge in [-0.05, 0) is 117 Å². The number of carboxylic acid groups (broad SMARTS) is 1. The molecule has 3 aromatic heterocycles. The van der Waals surface area contributed by atoms with Crippen molar-refractivity contribution < 1.29 is 19.4 Å². The van der Waals surface area contributed by atoms with Crippen LogP contribution >= 0.6 is 0 Å². The zero-order chi connectivity index (χ0) is 32.6. The number of aromatic nitrogens is 3. The van der Waals surface area contributed by atoms with Gasteiger partial charge in [0, 0.05) is 82.0 Å².